The highest BCUT2D eigenvalue weighted by Gasteiger charge is 2.07. The van der Waals surface area contributed by atoms with Crippen LogP contribution in [0.4, 0.5) is 5.69 Å². The first-order chi connectivity index (χ1) is 14.9. The summed E-state index contributed by atoms with van der Waals surface area (Å²) >= 11 is 4.93. The molecule has 0 heterocycles. The van der Waals surface area contributed by atoms with Crippen molar-refractivity contribution in [1.29, 1.82) is 0 Å². The van der Waals surface area contributed by atoms with E-state index in [1.807, 2.05) is 6.92 Å². The van der Waals surface area contributed by atoms with Crippen LogP contribution in [0.2, 0.25) is 0 Å². The number of carbonyl (C=O) groups is 2. The molecule has 2 rings (SSSR count). The molecule has 2 aromatic carbocycles. The molecule has 0 aliphatic carbocycles. The highest BCUT2D eigenvalue weighted by Crippen LogP contribution is 2.17. The zero-order valence-electron chi connectivity index (χ0n) is 16.5. The molecule has 0 aliphatic heterocycles. The summed E-state index contributed by atoms with van der Waals surface area (Å²) in [5, 5.41) is 12.9. The van der Waals surface area contributed by atoms with E-state index in [0.717, 1.165) is 11.3 Å². The van der Waals surface area contributed by atoms with Crippen molar-refractivity contribution in [1.82, 2.24) is 16.2 Å². The Hall–Kier alpha value is -3.99. The van der Waals surface area contributed by atoms with Crippen molar-refractivity contribution in [2.75, 3.05) is 13.2 Å². The summed E-state index contributed by atoms with van der Waals surface area (Å²) in [5.74, 6) is -0.0264. The third-order valence-corrected chi connectivity index (χ3v) is 3.79. The molecule has 10 nitrogen and oxygen atoms in total. The number of thiocarbonyl (C=S) groups is 1. The monoisotopic (exact) mass is 444 g/mol. The van der Waals surface area contributed by atoms with Crippen LogP contribution in [0.15, 0.2) is 54.6 Å². The lowest BCUT2D eigenvalue weighted by molar-refractivity contribution is -0.384. The zero-order chi connectivity index (χ0) is 22.6. The van der Waals surface area contributed by atoms with Crippen molar-refractivity contribution < 1.29 is 24.0 Å². The molecule has 0 atom stereocenters. The number of hydrogen-bond donors (Lipinski definition) is 3. The molecular formula is C20H20N4O6S. The number of rotatable bonds is 8. The Morgan fingerprint density at radius 1 is 1.03 bits per heavy atom. The summed E-state index contributed by atoms with van der Waals surface area (Å²) in [6.07, 6.45) is 2.90. The topological polar surface area (TPSA) is 132 Å². The molecule has 11 heteroatoms. The number of benzene rings is 2. The van der Waals surface area contributed by atoms with E-state index in [9.17, 15) is 19.7 Å². The van der Waals surface area contributed by atoms with Crippen molar-refractivity contribution in [2.45, 2.75) is 6.92 Å². The summed E-state index contributed by atoms with van der Waals surface area (Å²) in [4.78, 5) is 33.7. The van der Waals surface area contributed by atoms with Crippen LogP contribution in [-0.4, -0.2) is 35.1 Å². The number of hydrogen-bond acceptors (Lipinski definition) is 7. The number of nitro groups is 1. The zero-order valence-corrected chi connectivity index (χ0v) is 17.3. The predicted molar refractivity (Wildman–Crippen MR) is 117 cm³/mol. The van der Waals surface area contributed by atoms with Crippen LogP contribution in [0.25, 0.3) is 6.08 Å². The molecule has 0 aromatic heterocycles. The van der Waals surface area contributed by atoms with Crippen molar-refractivity contribution in [3.8, 4) is 11.5 Å². The predicted octanol–water partition coefficient (Wildman–Crippen LogP) is 2.11. The lowest BCUT2D eigenvalue weighted by Gasteiger charge is -2.10. The van der Waals surface area contributed by atoms with Gasteiger partial charge in [0.25, 0.3) is 11.6 Å². The number of nitrogens with one attached hydrogen (secondary N) is 3. The Morgan fingerprint density at radius 3 is 2.26 bits per heavy atom. The van der Waals surface area contributed by atoms with Gasteiger partial charge in [0.05, 0.1) is 11.5 Å². The van der Waals surface area contributed by atoms with Gasteiger partial charge in [-0.2, -0.15) is 0 Å². The summed E-state index contributed by atoms with van der Waals surface area (Å²) in [7, 11) is 0. The molecule has 162 valence electrons. The van der Waals surface area contributed by atoms with Crippen LogP contribution >= 0.6 is 12.2 Å². The second kappa shape index (κ2) is 11.9. The molecule has 31 heavy (non-hydrogen) atoms. The van der Waals surface area contributed by atoms with Gasteiger partial charge in [-0.1, -0.05) is 12.1 Å². The van der Waals surface area contributed by atoms with E-state index in [4.69, 9.17) is 21.7 Å². The van der Waals surface area contributed by atoms with E-state index in [1.165, 1.54) is 30.3 Å². The molecule has 0 spiro atoms. The van der Waals surface area contributed by atoms with Gasteiger partial charge in [-0.15, -0.1) is 0 Å². The molecule has 0 saturated carbocycles. The maximum Gasteiger partial charge on any atom is 0.276 e. The third-order valence-electron chi connectivity index (χ3n) is 3.59. The van der Waals surface area contributed by atoms with E-state index < -0.39 is 16.7 Å². The van der Waals surface area contributed by atoms with E-state index >= 15 is 0 Å². The average Bonchev–Trinajstić information content (AvgIpc) is 2.76. The normalized spacial score (nSPS) is 10.2. The van der Waals surface area contributed by atoms with Crippen molar-refractivity contribution in [3.05, 3.63) is 70.3 Å². The number of nitro benzene ring substituents is 1. The van der Waals surface area contributed by atoms with Gasteiger partial charge in [0.15, 0.2) is 11.7 Å². The Bertz CT molecular complexity index is 961. The third kappa shape index (κ3) is 8.50. The summed E-state index contributed by atoms with van der Waals surface area (Å²) in [6, 6.07) is 12.5. The lowest BCUT2D eigenvalue weighted by atomic mass is 10.2. The number of non-ortho nitro benzene ring substituents is 1. The fraction of sp³-hybridized carbons (Fsp3) is 0.150. The maximum atomic E-state index is 11.9. The molecule has 0 aliphatic rings. The highest BCUT2D eigenvalue weighted by atomic mass is 32.1. The van der Waals surface area contributed by atoms with Gasteiger partial charge in [-0.05, 0) is 55.0 Å². The Balaban J connectivity index is 1.69. The average molecular weight is 444 g/mol. The lowest BCUT2D eigenvalue weighted by Crippen LogP contribution is -2.49. The Kier molecular flexibility index (Phi) is 8.92. The minimum Gasteiger partial charge on any atom is -0.494 e. The molecule has 2 aromatic rings. The van der Waals surface area contributed by atoms with Crippen LogP contribution in [-0.2, 0) is 9.59 Å². The maximum absolute atomic E-state index is 11.9. The van der Waals surface area contributed by atoms with Crippen LogP contribution < -0.4 is 25.6 Å². The van der Waals surface area contributed by atoms with E-state index in [-0.39, 0.29) is 23.2 Å². The largest absolute Gasteiger partial charge is 0.494 e. The van der Waals surface area contributed by atoms with Gasteiger partial charge in [0.1, 0.15) is 11.5 Å². The Labute approximate surface area is 183 Å². The summed E-state index contributed by atoms with van der Waals surface area (Å²) < 4.78 is 10.5. The van der Waals surface area contributed by atoms with E-state index in [1.54, 1.807) is 30.3 Å². The molecule has 3 N–H and O–H groups in total. The van der Waals surface area contributed by atoms with Crippen molar-refractivity contribution in [2.24, 2.45) is 0 Å². The summed E-state index contributed by atoms with van der Waals surface area (Å²) in [6.45, 7) is 2.10. The fourth-order valence-corrected chi connectivity index (χ4v) is 2.33. The molecule has 0 bridgehead atoms. The van der Waals surface area contributed by atoms with Crippen LogP contribution in [0, 0.1) is 10.1 Å². The van der Waals surface area contributed by atoms with E-state index in [2.05, 4.69) is 16.2 Å². The first kappa shape index (κ1) is 23.3. The standard InChI is InChI=1S/C20H20N4O6S/c1-2-29-16-8-3-14(4-9-16)5-12-18(25)21-20(31)23-22-19(26)13-30-17-10-6-15(7-11-17)24(27)28/h3-12H,2,13H2,1H3,(H,22,26)(H2,21,23,25,31)/b12-5+. The molecular weight excluding hydrogens is 424 g/mol. The van der Waals surface area contributed by atoms with Crippen molar-refractivity contribution in [3.63, 3.8) is 0 Å². The quantitative estimate of drug-likeness (QED) is 0.244. The smallest absolute Gasteiger partial charge is 0.276 e. The van der Waals surface area contributed by atoms with Gasteiger partial charge >= 0.3 is 0 Å². The second-order valence-electron chi connectivity index (χ2n) is 5.87. The number of amides is 2. The van der Waals surface area contributed by atoms with Gasteiger partial charge in [0, 0.05) is 18.2 Å². The minimum atomic E-state index is -0.570. The van der Waals surface area contributed by atoms with Gasteiger partial charge in [0.2, 0.25) is 5.91 Å². The molecule has 0 unspecified atom stereocenters. The van der Waals surface area contributed by atoms with Gasteiger partial charge < -0.3 is 9.47 Å². The first-order valence-electron chi connectivity index (χ1n) is 9.05. The molecule has 0 radical (unpaired) electrons. The Morgan fingerprint density at radius 2 is 1.65 bits per heavy atom. The summed E-state index contributed by atoms with van der Waals surface area (Å²) in [5.41, 5.74) is 5.35. The fourth-order valence-electron chi connectivity index (χ4n) is 2.17. The number of carbonyl (C=O) groups excluding carboxylic acids is 2. The molecule has 2 amide bonds. The van der Waals surface area contributed by atoms with Crippen molar-refractivity contribution >= 4 is 40.9 Å². The highest BCUT2D eigenvalue weighted by molar-refractivity contribution is 7.80. The molecule has 0 saturated heterocycles. The minimum absolute atomic E-state index is 0.0869. The van der Waals surface area contributed by atoms with E-state index in [0.29, 0.717) is 6.61 Å². The van der Waals surface area contributed by atoms with Crippen LogP contribution in [0.1, 0.15) is 12.5 Å². The van der Waals surface area contributed by atoms with Crippen LogP contribution in [0.5, 0.6) is 11.5 Å². The number of hydrazine groups is 1. The van der Waals surface area contributed by atoms with Gasteiger partial charge in [-0.25, -0.2) is 0 Å². The van der Waals surface area contributed by atoms with Crippen LogP contribution in [0.3, 0.4) is 0 Å². The SMILES string of the molecule is CCOc1ccc(/C=C/C(=O)NC(=S)NNC(=O)COc2ccc([N+](=O)[O-])cc2)cc1. The second-order valence-corrected chi connectivity index (χ2v) is 6.27. The number of nitrogens with zero attached hydrogens (tertiary/aromatic N) is 1. The molecule has 0 fully saturated rings. The number of ether oxygens (including phenoxy) is 2. The van der Waals surface area contributed by atoms with Gasteiger partial charge in [-0.3, -0.25) is 35.9 Å². The first-order valence-corrected chi connectivity index (χ1v) is 9.46.